The Kier molecular flexibility index (Phi) is 2.37. The topological polar surface area (TPSA) is 12.9 Å². The first-order valence-electron chi connectivity index (χ1n) is 4.64. The Morgan fingerprint density at radius 2 is 2.15 bits per heavy atom. The van der Waals surface area contributed by atoms with E-state index in [2.05, 4.69) is 18.8 Å². The predicted octanol–water partition coefficient (Wildman–Crippen LogP) is 3.32. The van der Waals surface area contributed by atoms with Gasteiger partial charge in [0.25, 0.3) is 0 Å². The molecule has 0 atom stereocenters. The van der Waals surface area contributed by atoms with Crippen LogP contribution in [0.5, 0.6) is 0 Å². The molecule has 0 N–H and O–H groups in total. The fourth-order valence-corrected chi connectivity index (χ4v) is 2.94. The standard InChI is InChI=1S/C10H14ClNS/c1-7-8(2)13-9(12-7)5-10(6-11)3-4-10/h3-6H2,1-2H3. The lowest BCUT2D eigenvalue weighted by atomic mass is 10.1. The van der Waals surface area contributed by atoms with Gasteiger partial charge >= 0.3 is 0 Å². The van der Waals surface area contributed by atoms with E-state index >= 15 is 0 Å². The van der Waals surface area contributed by atoms with Gasteiger partial charge in [-0.2, -0.15) is 0 Å². The number of hydrogen-bond acceptors (Lipinski definition) is 2. The van der Waals surface area contributed by atoms with E-state index in [4.69, 9.17) is 11.6 Å². The molecule has 0 bridgehead atoms. The van der Waals surface area contributed by atoms with Crippen molar-refractivity contribution in [1.29, 1.82) is 0 Å². The third-order valence-electron chi connectivity index (χ3n) is 2.84. The number of hydrogen-bond donors (Lipinski definition) is 0. The molecular formula is C10H14ClNS. The Bertz CT molecular complexity index is 295. The highest BCUT2D eigenvalue weighted by Gasteiger charge is 2.42. The van der Waals surface area contributed by atoms with Crippen molar-refractivity contribution in [1.82, 2.24) is 4.98 Å². The van der Waals surface area contributed by atoms with E-state index in [1.165, 1.54) is 28.4 Å². The fraction of sp³-hybridized carbons (Fsp3) is 0.700. The number of aromatic nitrogens is 1. The van der Waals surface area contributed by atoms with E-state index in [9.17, 15) is 0 Å². The van der Waals surface area contributed by atoms with Gasteiger partial charge in [-0.25, -0.2) is 4.98 Å². The molecule has 0 radical (unpaired) electrons. The van der Waals surface area contributed by atoms with Crippen molar-refractivity contribution in [2.75, 3.05) is 5.88 Å². The molecule has 1 aromatic heterocycles. The summed E-state index contributed by atoms with van der Waals surface area (Å²) in [5.41, 5.74) is 1.60. The van der Waals surface area contributed by atoms with Crippen LogP contribution in [-0.2, 0) is 6.42 Å². The zero-order chi connectivity index (χ0) is 9.47. The van der Waals surface area contributed by atoms with E-state index < -0.39 is 0 Å². The fourth-order valence-electron chi connectivity index (χ4n) is 1.47. The third kappa shape index (κ3) is 1.89. The van der Waals surface area contributed by atoms with Crippen molar-refractivity contribution in [2.24, 2.45) is 5.41 Å². The minimum Gasteiger partial charge on any atom is -0.246 e. The molecule has 0 saturated heterocycles. The van der Waals surface area contributed by atoms with Crippen molar-refractivity contribution >= 4 is 22.9 Å². The summed E-state index contributed by atoms with van der Waals surface area (Å²) in [4.78, 5) is 5.89. The largest absolute Gasteiger partial charge is 0.246 e. The second-order valence-electron chi connectivity index (χ2n) is 4.06. The van der Waals surface area contributed by atoms with Gasteiger partial charge in [-0.15, -0.1) is 22.9 Å². The molecule has 0 aromatic carbocycles. The lowest BCUT2D eigenvalue weighted by Crippen LogP contribution is -2.06. The van der Waals surface area contributed by atoms with Crippen molar-refractivity contribution in [3.05, 3.63) is 15.6 Å². The first-order valence-corrected chi connectivity index (χ1v) is 5.99. The van der Waals surface area contributed by atoms with Crippen LogP contribution in [0.15, 0.2) is 0 Å². The third-order valence-corrected chi connectivity index (χ3v) is 4.48. The van der Waals surface area contributed by atoms with Crippen LogP contribution in [-0.4, -0.2) is 10.9 Å². The van der Waals surface area contributed by atoms with Crippen LogP contribution in [0.4, 0.5) is 0 Å². The summed E-state index contributed by atoms with van der Waals surface area (Å²) >= 11 is 7.76. The van der Waals surface area contributed by atoms with Gasteiger partial charge in [0.15, 0.2) is 0 Å². The maximum Gasteiger partial charge on any atom is 0.0936 e. The van der Waals surface area contributed by atoms with Crippen LogP contribution < -0.4 is 0 Å². The molecule has 0 aliphatic heterocycles. The molecular weight excluding hydrogens is 202 g/mol. The second-order valence-corrected chi connectivity index (χ2v) is 5.61. The Morgan fingerprint density at radius 1 is 1.46 bits per heavy atom. The number of aryl methyl sites for hydroxylation is 2. The zero-order valence-electron chi connectivity index (χ0n) is 8.06. The summed E-state index contributed by atoms with van der Waals surface area (Å²) in [6.45, 7) is 4.21. The van der Waals surface area contributed by atoms with E-state index in [0.717, 1.165) is 12.3 Å². The van der Waals surface area contributed by atoms with E-state index in [0.29, 0.717) is 5.41 Å². The molecule has 1 saturated carbocycles. The Morgan fingerprint density at radius 3 is 2.54 bits per heavy atom. The van der Waals surface area contributed by atoms with Crippen LogP contribution in [0.1, 0.15) is 28.4 Å². The number of halogens is 1. The van der Waals surface area contributed by atoms with Gasteiger partial charge in [-0.05, 0) is 32.1 Å². The van der Waals surface area contributed by atoms with E-state index in [1.54, 1.807) is 0 Å². The minimum atomic E-state index is 0.415. The van der Waals surface area contributed by atoms with E-state index in [1.807, 2.05) is 11.3 Å². The maximum absolute atomic E-state index is 5.93. The SMILES string of the molecule is Cc1nc(CC2(CCl)CC2)sc1C. The van der Waals surface area contributed by atoms with Gasteiger partial charge in [0.05, 0.1) is 10.7 Å². The van der Waals surface area contributed by atoms with Crippen LogP contribution >= 0.6 is 22.9 Å². The lowest BCUT2D eigenvalue weighted by Gasteiger charge is -2.06. The molecule has 3 heteroatoms. The summed E-state index contributed by atoms with van der Waals surface area (Å²) in [5.74, 6) is 0.796. The van der Waals surface area contributed by atoms with Gasteiger partial charge in [-0.1, -0.05) is 0 Å². The molecule has 0 unspecified atom stereocenters. The summed E-state index contributed by atoms with van der Waals surface area (Å²) in [6, 6.07) is 0. The molecule has 13 heavy (non-hydrogen) atoms. The highest BCUT2D eigenvalue weighted by Crippen LogP contribution is 2.49. The van der Waals surface area contributed by atoms with Crippen molar-refractivity contribution < 1.29 is 0 Å². The molecule has 1 nitrogen and oxygen atoms in total. The molecule has 2 rings (SSSR count). The number of nitrogens with zero attached hydrogens (tertiary/aromatic N) is 1. The molecule has 0 spiro atoms. The van der Waals surface area contributed by atoms with Crippen molar-refractivity contribution in [3.63, 3.8) is 0 Å². The smallest absolute Gasteiger partial charge is 0.0936 e. The summed E-state index contributed by atoms with van der Waals surface area (Å²) in [5, 5.41) is 1.27. The summed E-state index contributed by atoms with van der Waals surface area (Å²) in [7, 11) is 0. The van der Waals surface area contributed by atoms with E-state index in [-0.39, 0.29) is 0 Å². The first kappa shape index (κ1) is 9.47. The van der Waals surface area contributed by atoms with Gasteiger partial charge in [0.1, 0.15) is 0 Å². The van der Waals surface area contributed by atoms with Crippen molar-refractivity contribution in [2.45, 2.75) is 33.1 Å². The Balaban J connectivity index is 2.10. The monoisotopic (exact) mass is 215 g/mol. The molecule has 1 heterocycles. The number of alkyl halides is 1. The lowest BCUT2D eigenvalue weighted by molar-refractivity contribution is 0.575. The van der Waals surface area contributed by atoms with Gasteiger partial charge in [0.2, 0.25) is 0 Å². The van der Waals surface area contributed by atoms with Crippen LogP contribution in [0, 0.1) is 19.3 Å². The summed E-state index contributed by atoms with van der Waals surface area (Å²) in [6.07, 6.45) is 3.66. The normalized spacial score (nSPS) is 19.0. The van der Waals surface area contributed by atoms with Crippen LogP contribution in [0.25, 0.3) is 0 Å². The summed E-state index contributed by atoms with van der Waals surface area (Å²) < 4.78 is 0. The van der Waals surface area contributed by atoms with Crippen molar-refractivity contribution in [3.8, 4) is 0 Å². The van der Waals surface area contributed by atoms with Gasteiger partial charge in [-0.3, -0.25) is 0 Å². The molecule has 1 aliphatic rings. The first-order chi connectivity index (χ1) is 6.15. The Hall–Kier alpha value is -0.0800. The molecule has 1 aliphatic carbocycles. The Labute approximate surface area is 88.1 Å². The molecule has 0 amide bonds. The number of thiazole rings is 1. The van der Waals surface area contributed by atoms with Gasteiger partial charge in [0, 0.05) is 17.2 Å². The van der Waals surface area contributed by atoms with Crippen LogP contribution in [0.2, 0.25) is 0 Å². The second kappa shape index (κ2) is 3.25. The molecule has 1 aromatic rings. The van der Waals surface area contributed by atoms with Crippen LogP contribution in [0.3, 0.4) is 0 Å². The predicted molar refractivity (Wildman–Crippen MR) is 57.7 cm³/mol. The highest BCUT2D eigenvalue weighted by molar-refractivity contribution is 7.11. The average Bonchev–Trinajstić information content (AvgIpc) is 2.78. The molecule has 72 valence electrons. The number of rotatable bonds is 3. The highest BCUT2D eigenvalue weighted by atomic mass is 35.5. The quantitative estimate of drug-likeness (QED) is 0.705. The van der Waals surface area contributed by atoms with Gasteiger partial charge < -0.3 is 0 Å². The zero-order valence-corrected chi connectivity index (χ0v) is 9.63. The maximum atomic E-state index is 5.93. The average molecular weight is 216 g/mol. The minimum absolute atomic E-state index is 0.415. The molecule has 1 fully saturated rings.